The minimum atomic E-state index is -1.38. The molecule has 4 N–H and O–H groups in total. The quantitative estimate of drug-likeness (QED) is 0.540. The van der Waals surface area contributed by atoms with Crippen molar-refractivity contribution >= 4 is 0 Å². The molecule has 1 saturated heterocycles. The van der Waals surface area contributed by atoms with Crippen LogP contribution >= 0.6 is 0 Å². The van der Waals surface area contributed by atoms with Gasteiger partial charge in [0.25, 0.3) is 0 Å². The molecule has 0 spiro atoms. The summed E-state index contributed by atoms with van der Waals surface area (Å²) in [7, 11) is 0. The van der Waals surface area contributed by atoms with Gasteiger partial charge in [-0.1, -0.05) is 12.2 Å². The summed E-state index contributed by atoms with van der Waals surface area (Å²) in [6.07, 6.45) is -1.71. The third kappa shape index (κ3) is 4.07. The van der Waals surface area contributed by atoms with Crippen LogP contribution in [0.5, 0.6) is 0 Å². The topological polar surface area (TPSA) is 99.4 Å². The fourth-order valence-corrected chi connectivity index (χ4v) is 3.26. The number of aliphatic hydroxyl groups is 4. The van der Waals surface area contributed by atoms with Gasteiger partial charge in [0.15, 0.2) is 6.29 Å². The molecule has 2 rings (SSSR count). The molecule has 5 atom stereocenters. The van der Waals surface area contributed by atoms with Gasteiger partial charge in [-0.3, -0.25) is 0 Å². The Morgan fingerprint density at radius 2 is 1.73 bits per heavy atom. The van der Waals surface area contributed by atoms with Gasteiger partial charge in [-0.25, -0.2) is 0 Å². The van der Waals surface area contributed by atoms with Crippen molar-refractivity contribution in [2.45, 2.75) is 63.3 Å². The summed E-state index contributed by atoms with van der Waals surface area (Å²) in [5.41, 5.74) is 1.23. The minimum absolute atomic E-state index is 0.392. The zero-order valence-corrected chi connectivity index (χ0v) is 13.1. The summed E-state index contributed by atoms with van der Waals surface area (Å²) in [5.74, 6) is 0.978. The average Bonchev–Trinajstić information content (AvgIpc) is 2.52. The van der Waals surface area contributed by atoms with Crippen LogP contribution < -0.4 is 0 Å². The second-order valence-corrected chi connectivity index (χ2v) is 6.59. The van der Waals surface area contributed by atoms with E-state index < -0.39 is 37.3 Å². The van der Waals surface area contributed by atoms with Gasteiger partial charge in [-0.05, 0) is 44.4 Å². The Labute approximate surface area is 131 Å². The van der Waals surface area contributed by atoms with Crippen LogP contribution in [0.2, 0.25) is 0 Å². The Kier molecular flexibility index (Phi) is 6.37. The summed E-state index contributed by atoms with van der Waals surface area (Å²) < 4.78 is 10.9. The number of aliphatic hydroxyl groups excluding tert-OH is 4. The van der Waals surface area contributed by atoms with Crippen molar-refractivity contribution in [3.05, 3.63) is 12.2 Å². The number of allylic oxidation sites excluding steroid dienone is 1. The summed E-state index contributed by atoms with van der Waals surface area (Å²) in [5, 5.41) is 38.5. The Morgan fingerprint density at radius 3 is 2.27 bits per heavy atom. The molecule has 1 aliphatic heterocycles. The molecule has 22 heavy (non-hydrogen) atoms. The summed E-state index contributed by atoms with van der Waals surface area (Å²) in [6, 6.07) is 0. The zero-order valence-electron chi connectivity index (χ0n) is 13.1. The number of rotatable bonds is 5. The fourth-order valence-electron chi connectivity index (χ4n) is 3.26. The monoisotopic (exact) mass is 316 g/mol. The summed E-state index contributed by atoms with van der Waals surface area (Å²) in [6.45, 7) is 6.07. The first-order valence-electron chi connectivity index (χ1n) is 8.01. The maximum Gasteiger partial charge on any atom is 0.186 e. The van der Waals surface area contributed by atoms with Gasteiger partial charge in [0.05, 0.1) is 13.2 Å². The van der Waals surface area contributed by atoms with Crippen molar-refractivity contribution in [1.82, 2.24) is 0 Å². The van der Waals surface area contributed by atoms with Gasteiger partial charge in [0.1, 0.15) is 24.4 Å². The van der Waals surface area contributed by atoms with Crippen LogP contribution in [-0.4, -0.2) is 64.3 Å². The molecular weight excluding hydrogens is 288 g/mol. The van der Waals surface area contributed by atoms with Crippen molar-refractivity contribution in [3.8, 4) is 0 Å². The summed E-state index contributed by atoms with van der Waals surface area (Å²) in [4.78, 5) is 0. The molecular formula is C16H28O6. The van der Waals surface area contributed by atoms with E-state index in [1.54, 1.807) is 0 Å². The standard InChI is InChI=1S/C16H28O6/c1-9(2)11-5-3-10(4-6-11)8-21-16-15(20)14(19)13(18)12(7-17)22-16/h10-20H,1,3-8H2,2H3/t10?,11?,12-,13-,14+,15-,16-/m0/s1. The highest BCUT2D eigenvalue weighted by Gasteiger charge is 2.44. The third-order valence-corrected chi connectivity index (χ3v) is 4.89. The zero-order chi connectivity index (χ0) is 16.3. The SMILES string of the molecule is C=C(C)C1CCC(CO[C@H]2O[C@@H](CO)[C@H](O)[C@@H](O)[C@@H]2O)CC1. The minimum Gasteiger partial charge on any atom is -0.394 e. The van der Waals surface area contributed by atoms with Gasteiger partial charge >= 0.3 is 0 Å². The molecule has 2 aliphatic rings. The molecule has 0 radical (unpaired) electrons. The predicted molar refractivity (Wildman–Crippen MR) is 80.0 cm³/mol. The van der Waals surface area contributed by atoms with E-state index in [1.165, 1.54) is 5.57 Å². The maximum atomic E-state index is 9.91. The highest BCUT2D eigenvalue weighted by Crippen LogP contribution is 2.33. The van der Waals surface area contributed by atoms with Crippen molar-refractivity contribution in [1.29, 1.82) is 0 Å². The second-order valence-electron chi connectivity index (χ2n) is 6.59. The number of hydrogen-bond acceptors (Lipinski definition) is 6. The Hall–Kier alpha value is -0.500. The fraction of sp³-hybridized carbons (Fsp3) is 0.875. The predicted octanol–water partition coefficient (Wildman–Crippen LogP) is 0.185. The van der Waals surface area contributed by atoms with Crippen molar-refractivity contribution in [3.63, 3.8) is 0 Å². The third-order valence-electron chi connectivity index (χ3n) is 4.89. The highest BCUT2D eigenvalue weighted by molar-refractivity contribution is 4.98. The lowest BCUT2D eigenvalue weighted by Crippen LogP contribution is -2.59. The first kappa shape index (κ1) is 17.8. The van der Waals surface area contributed by atoms with E-state index in [0.29, 0.717) is 18.4 Å². The Bertz CT molecular complexity index is 364. The van der Waals surface area contributed by atoms with Crippen molar-refractivity contribution in [2.24, 2.45) is 11.8 Å². The largest absolute Gasteiger partial charge is 0.394 e. The average molecular weight is 316 g/mol. The molecule has 6 heteroatoms. The highest BCUT2D eigenvalue weighted by atomic mass is 16.7. The lowest BCUT2D eigenvalue weighted by Gasteiger charge is -2.40. The van der Waals surface area contributed by atoms with Gasteiger partial charge in [0.2, 0.25) is 0 Å². The Morgan fingerprint density at radius 1 is 1.09 bits per heavy atom. The van der Waals surface area contributed by atoms with E-state index in [4.69, 9.17) is 14.6 Å². The molecule has 2 fully saturated rings. The van der Waals surface area contributed by atoms with Gasteiger partial charge < -0.3 is 29.9 Å². The lowest BCUT2D eigenvalue weighted by molar-refractivity contribution is -0.303. The van der Waals surface area contributed by atoms with E-state index in [2.05, 4.69) is 13.5 Å². The molecule has 1 aliphatic carbocycles. The lowest BCUT2D eigenvalue weighted by atomic mass is 9.79. The van der Waals surface area contributed by atoms with Crippen LogP contribution in [0.1, 0.15) is 32.6 Å². The van der Waals surface area contributed by atoms with Gasteiger partial charge in [-0.15, -0.1) is 0 Å². The van der Waals surface area contributed by atoms with E-state index in [9.17, 15) is 15.3 Å². The number of hydrogen-bond donors (Lipinski definition) is 4. The summed E-state index contributed by atoms with van der Waals surface area (Å²) >= 11 is 0. The molecule has 0 aromatic rings. The van der Waals surface area contributed by atoms with Crippen LogP contribution in [0.25, 0.3) is 0 Å². The second kappa shape index (κ2) is 7.86. The Balaban J connectivity index is 1.80. The number of ether oxygens (including phenoxy) is 2. The van der Waals surface area contributed by atoms with Crippen LogP contribution in [0.4, 0.5) is 0 Å². The van der Waals surface area contributed by atoms with Crippen LogP contribution in [0.3, 0.4) is 0 Å². The molecule has 6 nitrogen and oxygen atoms in total. The van der Waals surface area contributed by atoms with E-state index in [-0.39, 0.29) is 0 Å². The molecule has 0 aromatic carbocycles. The van der Waals surface area contributed by atoms with Crippen LogP contribution in [0, 0.1) is 11.8 Å². The van der Waals surface area contributed by atoms with Gasteiger partial charge in [0, 0.05) is 0 Å². The van der Waals surface area contributed by atoms with E-state index >= 15 is 0 Å². The normalized spacial score (nSPS) is 43.0. The van der Waals surface area contributed by atoms with E-state index in [0.717, 1.165) is 25.7 Å². The maximum absolute atomic E-state index is 9.91. The first-order valence-corrected chi connectivity index (χ1v) is 8.01. The molecule has 0 unspecified atom stereocenters. The smallest absolute Gasteiger partial charge is 0.186 e. The van der Waals surface area contributed by atoms with Crippen molar-refractivity contribution in [2.75, 3.05) is 13.2 Å². The molecule has 1 heterocycles. The molecule has 0 bridgehead atoms. The van der Waals surface area contributed by atoms with E-state index in [1.807, 2.05) is 0 Å². The molecule has 128 valence electrons. The van der Waals surface area contributed by atoms with Gasteiger partial charge in [-0.2, -0.15) is 0 Å². The van der Waals surface area contributed by atoms with Crippen LogP contribution in [0.15, 0.2) is 12.2 Å². The molecule has 0 aromatic heterocycles. The van der Waals surface area contributed by atoms with Crippen molar-refractivity contribution < 1.29 is 29.9 Å². The molecule has 1 saturated carbocycles. The van der Waals surface area contributed by atoms with Crippen LogP contribution in [-0.2, 0) is 9.47 Å². The molecule has 0 amide bonds. The first-order chi connectivity index (χ1) is 10.4.